The van der Waals surface area contributed by atoms with Gasteiger partial charge in [0.25, 0.3) is 0 Å². The topological polar surface area (TPSA) is 187 Å². The summed E-state index contributed by atoms with van der Waals surface area (Å²) in [6.07, 6.45) is -8.25. The van der Waals surface area contributed by atoms with E-state index in [4.69, 9.17) is 33.2 Å². The predicted molar refractivity (Wildman–Crippen MR) is 194 cm³/mol. The van der Waals surface area contributed by atoms with E-state index in [1.807, 2.05) is 0 Å². The Morgan fingerprint density at radius 1 is 0.732 bits per heavy atom. The lowest BCUT2D eigenvalue weighted by Crippen LogP contribution is -2.79. The number of aliphatic hydroxyl groups is 1. The van der Waals surface area contributed by atoms with Crippen molar-refractivity contribution in [3.8, 4) is 0 Å². The fraction of sp³-hybridized carbons (Fsp3) is 0.524. The number of esters is 6. The van der Waals surface area contributed by atoms with Crippen molar-refractivity contribution in [1.82, 2.24) is 0 Å². The van der Waals surface area contributed by atoms with Gasteiger partial charge in [-0.2, -0.15) is 0 Å². The number of hydrogen-bond donors (Lipinski definition) is 1. The first-order valence-electron chi connectivity index (χ1n) is 18.6. The summed E-state index contributed by atoms with van der Waals surface area (Å²) in [6.45, 7) is 10.8. The SMILES string of the molecule is CC(=O)O[C@H]1C[C@]2(C(C)(C)O)C(=C1C)[C@@H](OC(=O)c1ccccc1)[C@H](OC(=O)c1ccccc1)[C@@]1(C)C([C@@H]2OC(C)=O)[C@]2(OC(C)=O)CO[C@@H]2C[C@@H]1OC(C)=O. The fourth-order valence-electron chi connectivity index (χ4n) is 9.86. The van der Waals surface area contributed by atoms with Gasteiger partial charge in [0.1, 0.15) is 24.4 Å². The van der Waals surface area contributed by atoms with E-state index in [0.29, 0.717) is 5.57 Å². The number of hydrogen-bond acceptors (Lipinski definition) is 14. The van der Waals surface area contributed by atoms with Crippen molar-refractivity contribution in [1.29, 1.82) is 0 Å². The third-order valence-corrected chi connectivity index (χ3v) is 12.1. The molecule has 6 rings (SSSR count). The number of rotatable bonds is 9. The molecular formula is C42H48O14. The normalized spacial score (nSPS) is 33.2. The van der Waals surface area contributed by atoms with E-state index in [0.717, 1.165) is 0 Å². The molecular weight excluding hydrogens is 728 g/mol. The number of benzene rings is 2. The van der Waals surface area contributed by atoms with Crippen LogP contribution in [-0.4, -0.2) is 95.4 Å². The molecule has 300 valence electrons. The Bertz CT molecular complexity index is 1930. The van der Waals surface area contributed by atoms with Gasteiger partial charge in [-0.15, -0.1) is 0 Å². The molecule has 2 aromatic rings. The smallest absolute Gasteiger partial charge is 0.338 e. The lowest BCUT2D eigenvalue weighted by molar-refractivity contribution is -0.352. The molecule has 14 heteroatoms. The maximum Gasteiger partial charge on any atom is 0.338 e. The molecule has 1 unspecified atom stereocenters. The van der Waals surface area contributed by atoms with Crippen molar-refractivity contribution in [3.05, 3.63) is 82.9 Å². The summed E-state index contributed by atoms with van der Waals surface area (Å²) in [5, 5.41) is 12.7. The van der Waals surface area contributed by atoms with Crippen LogP contribution in [0.25, 0.3) is 0 Å². The zero-order valence-electron chi connectivity index (χ0n) is 32.7. The Balaban J connectivity index is 1.77. The number of fused-ring (bicyclic) bond motifs is 4. The molecule has 2 aromatic carbocycles. The van der Waals surface area contributed by atoms with Gasteiger partial charge in [-0.05, 0) is 56.2 Å². The Hall–Kier alpha value is -5.08. The van der Waals surface area contributed by atoms with Crippen molar-refractivity contribution in [2.75, 3.05) is 6.61 Å². The molecule has 56 heavy (non-hydrogen) atoms. The summed E-state index contributed by atoms with van der Waals surface area (Å²) in [6, 6.07) is 16.1. The van der Waals surface area contributed by atoms with Crippen molar-refractivity contribution >= 4 is 35.8 Å². The highest BCUT2D eigenvalue weighted by atomic mass is 16.6. The van der Waals surface area contributed by atoms with Gasteiger partial charge in [-0.3, -0.25) is 19.2 Å². The van der Waals surface area contributed by atoms with Crippen LogP contribution in [0, 0.1) is 16.7 Å². The van der Waals surface area contributed by atoms with Gasteiger partial charge in [-0.1, -0.05) is 43.3 Å². The molecule has 0 aromatic heterocycles. The Morgan fingerprint density at radius 2 is 1.27 bits per heavy atom. The molecule has 1 aliphatic heterocycles. The minimum atomic E-state index is -1.92. The van der Waals surface area contributed by atoms with Crippen LogP contribution in [0.5, 0.6) is 0 Å². The van der Waals surface area contributed by atoms with Crippen LogP contribution >= 0.6 is 0 Å². The third kappa shape index (κ3) is 6.66. The quantitative estimate of drug-likeness (QED) is 0.214. The van der Waals surface area contributed by atoms with E-state index >= 15 is 0 Å². The highest BCUT2D eigenvalue weighted by Crippen LogP contribution is 2.69. The van der Waals surface area contributed by atoms with Gasteiger partial charge in [-0.25, -0.2) is 9.59 Å². The molecule has 14 nitrogen and oxygen atoms in total. The monoisotopic (exact) mass is 776 g/mol. The Morgan fingerprint density at radius 3 is 1.73 bits per heavy atom. The van der Waals surface area contributed by atoms with Gasteiger partial charge in [0, 0.05) is 40.5 Å². The summed E-state index contributed by atoms with van der Waals surface area (Å²) in [4.78, 5) is 81.1. The largest absolute Gasteiger partial charge is 0.462 e. The molecule has 0 spiro atoms. The maximum atomic E-state index is 14.4. The first-order valence-corrected chi connectivity index (χ1v) is 18.6. The average Bonchev–Trinajstić information content (AvgIpc) is 3.37. The molecule has 3 aliphatic carbocycles. The summed E-state index contributed by atoms with van der Waals surface area (Å²) >= 11 is 0. The van der Waals surface area contributed by atoms with Crippen LogP contribution in [0.15, 0.2) is 71.8 Å². The van der Waals surface area contributed by atoms with Crippen molar-refractivity contribution < 1.29 is 67.0 Å². The third-order valence-electron chi connectivity index (χ3n) is 12.1. The van der Waals surface area contributed by atoms with Gasteiger partial charge < -0.3 is 38.3 Å². The van der Waals surface area contributed by atoms with Crippen LogP contribution < -0.4 is 0 Å². The lowest BCUT2D eigenvalue weighted by atomic mass is 9.49. The van der Waals surface area contributed by atoms with Gasteiger partial charge >= 0.3 is 35.8 Å². The molecule has 4 aliphatic rings. The van der Waals surface area contributed by atoms with E-state index in [2.05, 4.69) is 0 Å². The van der Waals surface area contributed by atoms with E-state index < -0.39 is 100 Å². The van der Waals surface area contributed by atoms with Crippen molar-refractivity contribution in [2.45, 2.75) is 116 Å². The predicted octanol–water partition coefficient (Wildman–Crippen LogP) is 4.45. The second-order valence-corrected chi connectivity index (χ2v) is 15.9. The molecule has 0 bridgehead atoms. The second-order valence-electron chi connectivity index (χ2n) is 15.9. The van der Waals surface area contributed by atoms with Crippen molar-refractivity contribution in [3.63, 3.8) is 0 Å². The van der Waals surface area contributed by atoms with Gasteiger partial charge in [0.2, 0.25) is 0 Å². The highest BCUT2D eigenvalue weighted by molar-refractivity contribution is 5.90. The minimum absolute atomic E-state index is 0.0744. The van der Waals surface area contributed by atoms with Gasteiger partial charge in [0.15, 0.2) is 17.8 Å². The van der Waals surface area contributed by atoms with Crippen LogP contribution in [0.4, 0.5) is 0 Å². The van der Waals surface area contributed by atoms with Crippen LogP contribution in [-0.2, 0) is 52.3 Å². The highest BCUT2D eigenvalue weighted by Gasteiger charge is 2.81. The summed E-state index contributed by atoms with van der Waals surface area (Å²) in [5.41, 5.74) is -6.37. The van der Waals surface area contributed by atoms with Gasteiger partial charge in [0.05, 0.1) is 40.1 Å². The van der Waals surface area contributed by atoms with Crippen LogP contribution in [0.1, 0.15) is 88.9 Å². The molecule has 3 fully saturated rings. The van der Waals surface area contributed by atoms with E-state index in [9.17, 15) is 33.9 Å². The number of carbonyl (C=O) groups excluding carboxylic acids is 6. The van der Waals surface area contributed by atoms with E-state index in [-0.39, 0.29) is 36.1 Å². The molecule has 1 saturated heterocycles. The summed E-state index contributed by atoms with van der Waals surface area (Å²) < 4.78 is 43.8. The zero-order chi connectivity index (χ0) is 41.0. The van der Waals surface area contributed by atoms with Crippen LogP contribution in [0.3, 0.4) is 0 Å². The van der Waals surface area contributed by atoms with Crippen LogP contribution in [0.2, 0.25) is 0 Å². The number of ether oxygens (including phenoxy) is 7. The Labute approximate surface area is 324 Å². The first-order chi connectivity index (χ1) is 26.3. The lowest BCUT2D eigenvalue weighted by Gasteiger charge is -2.65. The molecule has 0 radical (unpaired) electrons. The summed E-state index contributed by atoms with van der Waals surface area (Å²) in [5.74, 6) is -5.88. The zero-order valence-corrected chi connectivity index (χ0v) is 32.7. The maximum absolute atomic E-state index is 14.4. The standard InChI is InChI=1S/C42H48O14/c1-22-29(51-23(2)43)20-41(39(6,7)49)32(22)33(54-37(47)27-15-11-9-12-16-27)35(55-38(48)28-17-13-10-14-18-28)40(8)30(52-24(3)44)19-31-42(21-50-31,56-26(5)46)34(40)36(41)53-25(4)45/h9-18,29-31,33-36,49H,19-21H2,1-8H3/t29-,30-,31+,33+,34?,35-,36-,40+,41-,42-/m0/s1. The molecule has 1 heterocycles. The second kappa shape index (κ2) is 14.8. The molecule has 1 N–H and O–H groups in total. The van der Waals surface area contributed by atoms with E-state index in [1.54, 1.807) is 50.2 Å². The molecule has 0 amide bonds. The fourth-order valence-corrected chi connectivity index (χ4v) is 9.86. The minimum Gasteiger partial charge on any atom is -0.462 e. The van der Waals surface area contributed by atoms with E-state index in [1.165, 1.54) is 65.8 Å². The first kappa shape index (κ1) is 40.6. The molecule has 2 saturated carbocycles. The number of carbonyl (C=O) groups is 6. The summed E-state index contributed by atoms with van der Waals surface area (Å²) in [7, 11) is 0. The average molecular weight is 777 g/mol. The van der Waals surface area contributed by atoms with Crippen molar-refractivity contribution in [2.24, 2.45) is 16.7 Å². The Kier molecular flexibility index (Phi) is 10.7. The molecule has 10 atom stereocenters.